The zero-order chi connectivity index (χ0) is 16.1. The first-order valence-electron chi connectivity index (χ1n) is 7.93. The van der Waals surface area contributed by atoms with Crippen molar-refractivity contribution in [2.24, 2.45) is 0 Å². The Labute approximate surface area is 136 Å². The summed E-state index contributed by atoms with van der Waals surface area (Å²) in [6.07, 6.45) is 2.13. The number of carbonyl (C=O) groups excluding carboxylic acids is 1. The molecule has 0 saturated carbocycles. The van der Waals surface area contributed by atoms with Crippen molar-refractivity contribution in [1.29, 1.82) is 0 Å². The smallest absolute Gasteiger partial charge is 0.256 e. The lowest BCUT2D eigenvalue weighted by atomic mass is 10.1. The van der Waals surface area contributed by atoms with E-state index in [1.54, 1.807) is 18.2 Å². The minimum absolute atomic E-state index is 0.170. The van der Waals surface area contributed by atoms with E-state index in [1.165, 1.54) is 0 Å². The summed E-state index contributed by atoms with van der Waals surface area (Å²) in [4.78, 5) is 16.6. The lowest BCUT2D eigenvalue weighted by Gasteiger charge is -2.23. The van der Waals surface area contributed by atoms with Crippen LogP contribution in [0.1, 0.15) is 28.8 Å². The number of carbonyl (C=O) groups is 1. The molecule has 0 unspecified atom stereocenters. The topological polar surface area (TPSA) is 63.2 Å². The van der Waals surface area contributed by atoms with Gasteiger partial charge < -0.3 is 15.4 Å². The van der Waals surface area contributed by atoms with Crippen LogP contribution in [-0.4, -0.2) is 30.1 Å². The molecule has 1 aromatic heterocycles. The molecule has 1 aliphatic heterocycles. The number of piperidine rings is 1. The Balaban J connectivity index is 1.64. The third kappa shape index (κ3) is 4.29. The lowest BCUT2D eigenvalue weighted by Crippen LogP contribution is -2.34. The zero-order valence-corrected chi connectivity index (χ0v) is 13.2. The van der Waals surface area contributed by atoms with Gasteiger partial charge in [-0.05, 0) is 51.1 Å². The number of pyridine rings is 1. The van der Waals surface area contributed by atoms with Crippen molar-refractivity contribution in [1.82, 2.24) is 10.3 Å². The van der Waals surface area contributed by atoms with Gasteiger partial charge in [0.15, 0.2) is 0 Å². The normalized spacial score (nSPS) is 15.2. The Morgan fingerprint density at radius 3 is 2.65 bits per heavy atom. The van der Waals surface area contributed by atoms with Gasteiger partial charge >= 0.3 is 0 Å². The van der Waals surface area contributed by atoms with E-state index in [2.05, 4.69) is 15.6 Å². The molecule has 1 amide bonds. The van der Waals surface area contributed by atoms with E-state index in [9.17, 15) is 4.79 Å². The number of anilines is 1. The van der Waals surface area contributed by atoms with E-state index >= 15 is 0 Å². The highest BCUT2D eigenvalue weighted by Gasteiger charge is 2.15. The highest BCUT2D eigenvalue weighted by Crippen LogP contribution is 2.17. The van der Waals surface area contributed by atoms with Gasteiger partial charge in [-0.1, -0.05) is 23.8 Å². The molecule has 2 N–H and O–H groups in total. The predicted molar refractivity (Wildman–Crippen MR) is 89.9 cm³/mol. The summed E-state index contributed by atoms with van der Waals surface area (Å²) in [6, 6.07) is 12.9. The van der Waals surface area contributed by atoms with E-state index < -0.39 is 0 Å². The summed E-state index contributed by atoms with van der Waals surface area (Å²) in [5, 5.41) is 6.12. The quantitative estimate of drug-likeness (QED) is 0.911. The second kappa shape index (κ2) is 7.24. The molecule has 5 nitrogen and oxygen atoms in total. The third-order valence-electron chi connectivity index (χ3n) is 3.85. The van der Waals surface area contributed by atoms with Crippen LogP contribution >= 0.6 is 0 Å². The molecule has 0 radical (unpaired) electrons. The second-order valence-electron chi connectivity index (χ2n) is 5.75. The second-order valence-corrected chi connectivity index (χ2v) is 5.75. The molecule has 0 bridgehead atoms. The Morgan fingerprint density at radius 2 is 1.91 bits per heavy atom. The molecule has 0 aliphatic carbocycles. The number of nitrogens with one attached hydrogen (secondary N) is 2. The van der Waals surface area contributed by atoms with Gasteiger partial charge in [0.2, 0.25) is 5.88 Å². The largest absolute Gasteiger partial charge is 0.474 e. The van der Waals surface area contributed by atoms with Gasteiger partial charge in [0.25, 0.3) is 5.91 Å². The van der Waals surface area contributed by atoms with E-state index in [4.69, 9.17) is 4.74 Å². The van der Waals surface area contributed by atoms with Crippen LogP contribution in [0, 0.1) is 6.92 Å². The fourth-order valence-corrected chi connectivity index (χ4v) is 2.53. The molecule has 0 atom stereocenters. The molecular weight excluding hydrogens is 290 g/mol. The first kappa shape index (κ1) is 15.5. The van der Waals surface area contributed by atoms with Crippen LogP contribution in [0.3, 0.4) is 0 Å². The number of nitrogens with zero attached hydrogens (tertiary/aromatic N) is 1. The number of benzene rings is 1. The number of hydrogen-bond donors (Lipinski definition) is 2. The summed E-state index contributed by atoms with van der Waals surface area (Å²) < 4.78 is 5.90. The van der Waals surface area contributed by atoms with Gasteiger partial charge in [0, 0.05) is 11.6 Å². The molecule has 2 heterocycles. The SMILES string of the molecule is Cc1ccc(C(=O)Nc2cccc(OC3CCNCC3)n2)cc1. The van der Waals surface area contributed by atoms with E-state index in [0.29, 0.717) is 17.3 Å². The van der Waals surface area contributed by atoms with Gasteiger partial charge in [-0.3, -0.25) is 4.79 Å². The average molecular weight is 311 g/mol. The summed E-state index contributed by atoms with van der Waals surface area (Å²) in [5.41, 5.74) is 1.74. The van der Waals surface area contributed by atoms with Crippen molar-refractivity contribution >= 4 is 11.7 Å². The van der Waals surface area contributed by atoms with Gasteiger partial charge in [0.1, 0.15) is 11.9 Å². The van der Waals surface area contributed by atoms with Crippen LogP contribution in [0.2, 0.25) is 0 Å². The molecule has 120 valence electrons. The summed E-state index contributed by atoms with van der Waals surface area (Å²) in [7, 11) is 0. The summed E-state index contributed by atoms with van der Waals surface area (Å²) in [6.45, 7) is 3.92. The number of rotatable bonds is 4. The van der Waals surface area contributed by atoms with E-state index in [1.807, 2.05) is 31.2 Å². The Hall–Kier alpha value is -2.40. The maximum atomic E-state index is 12.2. The minimum Gasteiger partial charge on any atom is -0.474 e. The maximum Gasteiger partial charge on any atom is 0.256 e. The van der Waals surface area contributed by atoms with Crippen LogP contribution < -0.4 is 15.4 Å². The summed E-state index contributed by atoms with van der Waals surface area (Å²) >= 11 is 0. The van der Waals surface area contributed by atoms with E-state index in [-0.39, 0.29) is 12.0 Å². The molecular formula is C18H21N3O2. The van der Waals surface area contributed by atoms with Crippen LogP contribution in [0.5, 0.6) is 5.88 Å². The molecule has 1 aliphatic rings. The van der Waals surface area contributed by atoms with Crippen molar-refractivity contribution in [3.05, 3.63) is 53.6 Å². The third-order valence-corrected chi connectivity index (χ3v) is 3.85. The monoisotopic (exact) mass is 311 g/mol. The number of aryl methyl sites for hydroxylation is 1. The Bertz CT molecular complexity index is 664. The van der Waals surface area contributed by atoms with Gasteiger partial charge in [0.05, 0.1) is 0 Å². The number of aromatic nitrogens is 1. The minimum atomic E-state index is -0.170. The van der Waals surface area contributed by atoms with Crippen LogP contribution in [0.25, 0.3) is 0 Å². The molecule has 1 saturated heterocycles. The van der Waals surface area contributed by atoms with Gasteiger partial charge in [-0.25, -0.2) is 0 Å². The van der Waals surface area contributed by atoms with Crippen molar-refractivity contribution in [3.63, 3.8) is 0 Å². The Kier molecular flexibility index (Phi) is 4.88. The highest BCUT2D eigenvalue weighted by molar-refractivity contribution is 6.03. The Morgan fingerprint density at radius 1 is 1.17 bits per heavy atom. The molecule has 0 spiro atoms. The highest BCUT2D eigenvalue weighted by atomic mass is 16.5. The average Bonchev–Trinajstić information content (AvgIpc) is 2.57. The van der Waals surface area contributed by atoms with Crippen molar-refractivity contribution in [3.8, 4) is 5.88 Å². The first-order valence-corrected chi connectivity index (χ1v) is 7.93. The fourth-order valence-electron chi connectivity index (χ4n) is 2.53. The van der Waals surface area contributed by atoms with Crippen LogP contribution in [-0.2, 0) is 0 Å². The molecule has 5 heteroatoms. The van der Waals surface area contributed by atoms with Crippen molar-refractivity contribution in [2.45, 2.75) is 25.9 Å². The van der Waals surface area contributed by atoms with Gasteiger partial charge in [-0.2, -0.15) is 4.98 Å². The molecule has 3 rings (SSSR count). The van der Waals surface area contributed by atoms with Gasteiger partial charge in [-0.15, -0.1) is 0 Å². The summed E-state index contributed by atoms with van der Waals surface area (Å²) in [5.74, 6) is 0.886. The van der Waals surface area contributed by atoms with Crippen molar-refractivity contribution in [2.75, 3.05) is 18.4 Å². The van der Waals surface area contributed by atoms with E-state index in [0.717, 1.165) is 31.5 Å². The number of ether oxygens (including phenoxy) is 1. The predicted octanol–water partition coefficient (Wildman–Crippen LogP) is 2.77. The zero-order valence-electron chi connectivity index (χ0n) is 13.2. The molecule has 2 aromatic rings. The number of hydrogen-bond acceptors (Lipinski definition) is 4. The molecule has 1 aromatic carbocycles. The first-order chi connectivity index (χ1) is 11.2. The standard InChI is InChI=1S/C18H21N3O2/c1-13-5-7-14(8-6-13)18(22)21-16-3-2-4-17(20-16)23-15-9-11-19-12-10-15/h2-8,15,19H,9-12H2,1H3,(H,20,21,22). The van der Waals surface area contributed by atoms with Crippen molar-refractivity contribution < 1.29 is 9.53 Å². The number of amides is 1. The van der Waals surface area contributed by atoms with Crippen LogP contribution in [0.4, 0.5) is 5.82 Å². The molecule has 1 fully saturated rings. The lowest BCUT2D eigenvalue weighted by molar-refractivity contribution is 0.102. The fraction of sp³-hybridized carbons (Fsp3) is 0.333. The van der Waals surface area contributed by atoms with Crippen LogP contribution in [0.15, 0.2) is 42.5 Å². The maximum absolute atomic E-state index is 12.2. The molecule has 23 heavy (non-hydrogen) atoms.